The van der Waals surface area contributed by atoms with Crippen molar-refractivity contribution in [2.75, 3.05) is 159 Å². The van der Waals surface area contributed by atoms with Gasteiger partial charge in [-0.2, -0.15) is 0 Å². The molecule has 130 heavy (non-hydrogen) atoms. The number of ketones is 1. The van der Waals surface area contributed by atoms with Crippen LogP contribution in [-0.2, 0) is 191 Å². The quantitative estimate of drug-likeness (QED) is 0.0447. The molecule has 0 rings (SSSR count). The van der Waals surface area contributed by atoms with E-state index in [2.05, 4.69) is 98.7 Å². The number of hydrogen-bond acceptors (Lipinski definition) is 42. The van der Waals surface area contributed by atoms with E-state index in [0.29, 0.717) is 0 Å². The molecule has 0 heterocycles. The van der Waals surface area contributed by atoms with Crippen LogP contribution in [0.3, 0.4) is 0 Å². The van der Waals surface area contributed by atoms with E-state index in [4.69, 9.17) is 99.8 Å². The Hall–Kier alpha value is -14.5. The van der Waals surface area contributed by atoms with Crippen LogP contribution in [0.25, 0.3) is 0 Å². The van der Waals surface area contributed by atoms with Crippen molar-refractivity contribution in [3.63, 3.8) is 0 Å². The van der Waals surface area contributed by atoms with Crippen molar-refractivity contribution < 1.29 is 206 Å². The minimum Gasteiger partial charge on any atom is -0.481 e. The minimum atomic E-state index is -1.54. The second kappa shape index (κ2) is 69.7. The van der Waals surface area contributed by atoms with E-state index in [1.165, 1.54) is 6.92 Å². The van der Waals surface area contributed by atoms with E-state index >= 15 is 0 Å². The summed E-state index contributed by atoms with van der Waals surface area (Å²) in [4.78, 5) is 231. The van der Waals surface area contributed by atoms with Crippen molar-refractivity contribution >= 4 is 119 Å². The Morgan fingerprint density at radius 1 is 0.208 bits per heavy atom. The molecule has 0 spiro atoms. The number of carbonyl (C=O) groups is 20. The second-order valence-electron chi connectivity index (χ2n) is 26.9. The van der Waals surface area contributed by atoms with E-state index in [-0.39, 0.29) is 64.7 Å². The molecule has 0 aliphatic rings. The Kier molecular flexibility index (Phi) is 65.3. The number of aliphatic hydroxyl groups excluding tert-OH is 2. The van der Waals surface area contributed by atoms with E-state index in [9.17, 15) is 106 Å². The number of esters is 18. The van der Waals surface area contributed by atoms with Gasteiger partial charge in [0.2, 0.25) is 0 Å². The normalized spacial score (nSPS) is 10.5. The van der Waals surface area contributed by atoms with Crippen LogP contribution in [0, 0.1) is 32.5 Å². The van der Waals surface area contributed by atoms with E-state index in [1.54, 1.807) is 6.92 Å². The molecule has 0 saturated carbocycles. The summed E-state index contributed by atoms with van der Waals surface area (Å²) in [5.74, 6) is -15.7. The van der Waals surface area contributed by atoms with E-state index < -0.39 is 278 Å². The zero-order valence-corrected chi connectivity index (χ0v) is 72.4. The van der Waals surface area contributed by atoms with Crippen LogP contribution in [0.1, 0.15) is 46.0 Å². The predicted octanol–water partition coefficient (Wildman–Crippen LogP) is 3.09. The maximum Gasteiger partial charge on any atom is 0.330 e. The van der Waals surface area contributed by atoms with Crippen LogP contribution in [0.4, 0.5) is 0 Å². The zero-order chi connectivity index (χ0) is 99.8. The lowest BCUT2D eigenvalue weighted by Gasteiger charge is -2.35. The number of aliphatic carboxylic acids is 1. The first-order valence-corrected chi connectivity index (χ1v) is 37.9. The summed E-state index contributed by atoms with van der Waals surface area (Å²) in [5.41, 5.74) is -8.60. The molecule has 0 fully saturated rings. The molecule has 43 heteroatoms. The fourth-order valence-electron chi connectivity index (χ4n) is 8.17. The molecule has 0 amide bonds. The van der Waals surface area contributed by atoms with Crippen LogP contribution < -0.4 is 0 Å². The lowest BCUT2D eigenvalue weighted by molar-refractivity contribution is -0.173. The smallest absolute Gasteiger partial charge is 0.330 e. The number of rotatable bonds is 68. The van der Waals surface area contributed by atoms with Gasteiger partial charge in [-0.25, -0.2) is 71.9 Å². The molecule has 0 aromatic carbocycles. The highest BCUT2D eigenvalue weighted by molar-refractivity contribution is 5.87. The Labute approximate surface area is 749 Å². The van der Waals surface area contributed by atoms with Gasteiger partial charge in [0.1, 0.15) is 130 Å². The summed E-state index contributed by atoms with van der Waals surface area (Å²) in [6.45, 7) is 41.3. The molecule has 3 N–H and O–H groups in total. The van der Waals surface area contributed by atoms with Crippen molar-refractivity contribution in [3.05, 3.63) is 190 Å². The molecule has 718 valence electrons. The number of ether oxygens (including phenoxy) is 20. The first kappa shape index (κ1) is 122. The summed E-state index contributed by atoms with van der Waals surface area (Å²) >= 11 is 0. The monoisotopic (exact) mass is 1840 g/mol. The highest BCUT2D eigenvalue weighted by atomic mass is 16.6. The first-order chi connectivity index (χ1) is 61.4. The molecule has 0 aliphatic carbocycles. The highest BCUT2D eigenvalue weighted by Gasteiger charge is 2.44. The number of carboxylic acids is 1. The third-order valence-corrected chi connectivity index (χ3v) is 15.7. The van der Waals surface area contributed by atoms with Gasteiger partial charge in [0, 0.05) is 104 Å². The standard InChI is InChI=1S/C30H38O14.C25H34O12.C18H22O10.C14H18O7/c1-7-23(32)39-16-29(17-40-24(33)8-2,18-41-25(34)9-3)14-38-15-30(19-42-26(35)10-4,20-43-27(36)11-5)21-44-28(37)13-12-22(6)31;1-6-19(27)33-14-24(11-26,15-34-20(28)7-2)12-32-13-25(16-35-21(29)8-3,17-36-22(30)9-4)18-37-23(31)10-5;1-4-14(21)25-9-18(10-26-15(22)5-2,11-27-16(23)6-3)12-28-17(24)8-7-13(19)20;1-4-11(16)19-8-14(7-15,9-20-12(17)5-2)10-21-13(18)6-3/h7-11H,1-5,12-21H2,6H3;6-9,26H,1-4,10-18H2,5H3;4-6H,1-3,7-12H2,(H,19,20);4-6,15H,1-3,7-10H2. The van der Waals surface area contributed by atoms with E-state index in [1.807, 2.05) is 0 Å². The molecule has 0 aromatic rings. The van der Waals surface area contributed by atoms with Crippen molar-refractivity contribution in [1.82, 2.24) is 0 Å². The van der Waals surface area contributed by atoms with Gasteiger partial charge in [0.25, 0.3) is 0 Å². The van der Waals surface area contributed by atoms with Crippen molar-refractivity contribution in [1.29, 1.82) is 0 Å². The van der Waals surface area contributed by atoms with Gasteiger partial charge < -0.3 is 115 Å². The average Bonchev–Trinajstić information content (AvgIpc) is 0.819. The Bertz CT molecular complexity index is 3730. The number of hydrogen-bond donors (Lipinski definition) is 3. The maximum atomic E-state index is 12.3. The molecule has 0 bridgehead atoms. The lowest BCUT2D eigenvalue weighted by Crippen LogP contribution is -2.47. The molecular weight excluding hydrogens is 1730 g/mol. The summed E-state index contributed by atoms with van der Waals surface area (Å²) in [6, 6.07) is 0. The number of carbonyl (C=O) groups excluding carboxylic acids is 19. The number of carboxylic acid groups (broad SMARTS) is 1. The largest absolute Gasteiger partial charge is 0.481 e. The third-order valence-electron chi connectivity index (χ3n) is 15.7. The molecule has 43 nitrogen and oxygen atoms in total. The van der Waals surface area contributed by atoms with Crippen molar-refractivity contribution in [3.8, 4) is 0 Å². The van der Waals surface area contributed by atoms with Crippen molar-refractivity contribution in [2.24, 2.45) is 32.5 Å². The highest BCUT2D eigenvalue weighted by Crippen LogP contribution is 2.30. The second-order valence-corrected chi connectivity index (χ2v) is 26.9. The fourth-order valence-corrected chi connectivity index (χ4v) is 8.17. The van der Waals surface area contributed by atoms with Gasteiger partial charge in [0.15, 0.2) is 0 Å². The van der Waals surface area contributed by atoms with Gasteiger partial charge in [-0.15, -0.1) is 0 Å². The SMILES string of the molecule is C=CC(=O)OCC(CO)(COC(=O)C=C)COC(=O)C=C.C=CC(=O)OCC(CO)(COCC(COC(=O)C=C)(COC(=O)C=C)COC(=O)CC)COC(=O)C=C.C=CC(=O)OCC(COC(=O)C=C)(COC(=O)C=C)COC(=O)CCC(=O)O.C=CC(=O)OCC(COCC(COC(=O)C=C)(COC(=O)C=C)COC(=O)CCC(C)=O)(COC(=O)C=C)COC(=O)C=C. The molecule has 0 aromatic heterocycles. The lowest BCUT2D eigenvalue weighted by atomic mass is 9.90. The zero-order valence-electron chi connectivity index (χ0n) is 72.4. The molecule has 0 aliphatic heterocycles. The predicted molar refractivity (Wildman–Crippen MR) is 448 cm³/mol. The molecule has 0 saturated heterocycles. The van der Waals surface area contributed by atoms with Crippen LogP contribution in [-0.4, -0.2) is 293 Å². The number of aliphatic hydroxyl groups is 2. The topological polar surface area (TPSA) is 587 Å². The Morgan fingerprint density at radius 3 is 0.500 bits per heavy atom. The maximum absolute atomic E-state index is 12.3. The average molecular weight is 1850 g/mol. The summed E-state index contributed by atoms with van der Waals surface area (Å²) in [7, 11) is 0. The Balaban J connectivity index is -0.000000841. The third kappa shape index (κ3) is 57.9. The van der Waals surface area contributed by atoms with Crippen LogP contribution in [0.5, 0.6) is 0 Å². The summed E-state index contributed by atoms with van der Waals surface area (Å²) < 4.78 is 103. The molecule has 0 radical (unpaired) electrons. The first-order valence-electron chi connectivity index (χ1n) is 37.9. The number of Topliss-reactive ketones (excluding diaryl/α,β-unsaturated/α-hetero) is 1. The fraction of sp³-hybridized carbons (Fsp3) is 0.425. The van der Waals surface area contributed by atoms with Gasteiger partial charge in [-0.05, 0) is 6.92 Å². The van der Waals surface area contributed by atoms with Crippen molar-refractivity contribution in [2.45, 2.75) is 46.0 Å². The van der Waals surface area contributed by atoms with Crippen LogP contribution in [0.15, 0.2) is 190 Å². The van der Waals surface area contributed by atoms with Crippen LogP contribution in [0.2, 0.25) is 0 Å². The molecule has 0 atom stereocenters. The van der Waals surface area contributed by atoms with Gasteiger partial charge in [-0.1, -0.05) is 106 Å². The summed E-state index contributed by atoms with van der Waals surface area (Å²) in [6.07, 6.45) is 12.4. The summed E-state index contributed by atoms with van der Waals surface area (Å²) in [5, 5.41) is 28.1. The van der Waals surface area contributed by atoms with Gasteiger partial charge >= 0.3 is 113 Å². The van der Waals surface area contributed by atoms with Gasteiger partial charge in [0.05, 0.1) is 86.0 Å². The van der Waals surface area contributed by atoms with Crippen LogP contribution >= 0.6 is 0 Å². The molecular formula is C87H112O43. The Morgan fingerprint density at radius 2 is 0.346 bits per heavy atom. The van der Waals surface area contributed by atoms with Gasteiger partial charge in [-0.3, -0.25) is 19.2 Å². The van der Waals surface area contributed by atoms with E-state index in [0.717, 1.165) is 91.1 Å². The minimum absolute atomic E-state index is 0.0484. The molecule has 0 unspecified atom stereocenters.